The quantitative estimate of drug-likeness (QED) is 0.370. The zero-order valence-electron chi connectivity index (χ0n) is 19.1. The third-order valence-corrected chi connectivity index (χ3v) is 6.54. The summed E-state index contributed by atoms with van der Waals surface area (Å²) in [6.45, 7) is 1.88. The fourth-order valence-electron chi connectivity index (χ4n) is 4.03. The molecule has 0 aliphatic heterocycles. The van der Waals surface area contributed by atoms with Gasteiger partial charge in [0.2, 0.25) is 5.13 Å². The molecule has 0 unspecified atom stereocenters. The maximum absolute atomic E-state index is 13.5. The first-order valence-electron chi connectivity index (χ1n) is 11.2. The van der Waals surface area contributed by atoms with Gasteiger partial charge in [0, 0.05) is 34.9 Å². The molecule has 9 nitrogen and oxygen atoms in total. The summed E-state index contributed by atoms with van der Waals surface area (Å²) in [6.07, 6.45) is 3.85. The Morgan fingerprint density at radius 3 is 2.80 bits per heavy atom. The van der Waals surface area contributed by atoms with Crippen LogP contribution in [0.5, 0.6) is 5.75 Å². The summed E-state index contributed by atoms with van der Waals surface area (Å²) in [5, 5.41) is 8.71. The van der Waals surface area contributed by atoms with Crippen LogP contribution in [0.1, 0.15) is 40.5 Å². The van der Waals surface area contributed by atoms with Crippen LogP contribution in [0.3, 0.4) is 0 Å². The number of nitrogens with one attached hydrogen (secondary N) is 1. The fraction of sp³-hybridized carbons (Fsp3) is 0.200. The molecule has 1 amide bonds. The van der Waals surface area contributed by atoms with E-state index < -0.39 is 0 Å². The van der Waals surface area contributed by atoms with E-state index in [1.807, 2.05) is 55.5 Å². The minimum absolute atomic E-state index is 0.267. The third kappa shape index (κ3) is 4.01. The van der Waals surface area contributed by atoms with E-state index in [1.165, 1.54) is 0 Å². The number of nitrogens with zero attached hydrogens (tertiary/aromatic N) is 6. The van der Waals surface area contributed by atoms with Gasteiger partial charge in [0.05, 0.1) is 23.8 Å². The van der Waals surface area contributed by atoms with Crippen molar-refractivity contribution in [3.05, 3.63) is 71.7 Å². The van der Waals surface area contributed by atoms with E-state index in [2.05, 4.69) is 24.8 Å². The highest BCUT2D eigenvalue weighted by Crippen LogP contribution is 2.41. The molecule has 0 atom stereocenters. The Balaban J connectivity index is 1.38. The fourth-order valence-corrected chi connectivity index (χ4v) is 4.62. The number of carbonyl (C=O) groups is 1. The van der Waals surface area contributed by atoms with E-state index in [0.29, 0.717) is 45.0 Å². The maximum Gasteiger partial charge on any atom is 0.258 e. The van der Waals surface area contributed by atoms with Gasteiger partial charge in [0.25, 0.3) is 5.91 Å². The number of fused-ring (bicyclic) bond motifs is 1. The van der Waals surface area contributed by atoms with Crippen molar-refractivity contribution in [2.45, 2.75) is 25.7 Å². The van der Waals surface area contributed by atoms with Crippen LogP contribution in [0.25, 0.3) is 28.2 Å². The third-order valence-electron chi connectivity index (χ3n) is 5.91. The average Bonchev–Trinajstić information content (AvgIpc) is 3.56. The molecule has 1 aliphatic carbocycles. The number of anilines is 1. The van der Waals surface area contributed by atoms with E-state index in [9.17, 15) is 4.79 Å². The monoisotopic (exact) mass is 483 g/mol. The normalized spacial score (nSPS) is 13.2. The van der Waals surface area contributed by atoms with Gasteiger partial charge in [-0.25, -0.2) is 9.97 Å². The molecule has 0 bridgehead atoms. The van der Waals surface area contributed by atoms with Gasteiger partial charge in [0.15, 0.2) is 17.3 Å². The number of amides is 1. The van der Waals surface area contributed by atoms with Crippen LogP contribution in [0.2, 0.25) is 0 Å². The molecular weight excluding hydrogens is 462 g/mol. The zero-order valence-corrected chi connectivity index (χ0v) is 19.9. The minimum Gasteiger partial charge on any atom is -0.497 e. The van der Waals surface area contributed by atoms with E-state index in [0.717, 1.165) is 41.4 Å². The second-order valence-corrected chi connectivity index (χ2v) is 9.11. The summed E-state index contributed by atoms with van der Waals surface area (Å²) < 4.78 is 11.4. The standard InChI is InChI=1S/C25H21N7O2S/c1-14-21-18(24(33)29-25-28-22(31-35-25)16-6-5-7-17(12-16)34-2)13-19(15-9-10-15)27-23(21)32(30-14)20-8-3-4-11-26-20/h3-8,11-13,15H,9-10H2,1-2H3,(H,28,29,31,33). The number of ether oxygens (including phenoxy) is 1. The van der Waals surface area contributed by atoms with Crippen molar-refractivity contribution in [2.75, 3.05) is 12.4 Å². The Morgan fingerprint density at radius 1 is 1.14 bits per heavy atom. The lowest BCUT2D eigenvalue weighted by Gasteiger charge is -2.08. The molecule has 1 saturated carbocycles. The Labute approximate surface area is 205 Å². The first kappa shape index (κ1) is 21.4. The number of hydrogen-bond donors (Lipinski definition) is 1. The average molecular weight is 484 g/mol. The minimum atomic E-state index is -0.267. The number of aromatic nitrogens is 6. The summed E-state index contributed by atoms with van der Waals surface area (Å²) in [7, 11) is 1.61. The predicted octanol–water partition coefficient (Wildman–Crippen LogP) is 4.78. The molecule has 1 aromatic carbocycles. The first-order valence-corrected chi connectivity index (χ1v) is 12.0. The molecule has 6 rings (SSSR count). The van der Waals surface area contributed by atoms with Gasteiger partial charge in [-0.2, -0.15) is 19.1 Å². The second-order valence-electron chi connectivity index (χ2n) is 8.36. The van der Waals surface area contributed by atoms with Crippen molar-refractivity contribution in [1.82, 2.24) is 29.1 Å². The molecule has 5 aromatic rings. The van der Waals surface area contributed by atoms with E-state index in [-0.39, 0.29) is 5.91 Å². The lowest BCUT2D eigenvalue weighted by Crippen LogP contribution is -2.13. The van der Waals surface area contributed by atoms with Crippen molar-refractivity contribution in [3.63, 3.8) is 0 Å². The Morgan fingerprint density at radius 2 is 2.03 bits per heavy atom. The highest BCUT2D eigenvalue weighted by atomic mass is 32.1. The van der Waals surface area contributed by atoms with Gasteiger partial charge in [-0.05, 0) is 50.1 Å². The topological polar surface area (TPSA) is 108 Å². The molecule has 1 aliphatic rings. The van der Waals surface area contributed by atoms with Crippen molar-refractivity contribution >= 4 is 33.6 Å². The number of benzene rings is 1. The van der Waals surface area contributed by atoms with Crippen molar-refractivity contribution in [1.29, 1.82) is 0 Å². The summed E-state index contributed by atoms with van der Waals surface area (Å²) in [5.74, 6) is 2.00. The Hall–Kier alpha value is -4.18. The van der Waals surface area contributed by atoms with Crippen LogP contribution in [0.15, 0.2) is 54.7 Å². The summed E-state index contributed by atoms with van der Waals surface area (Å²) in [5.41, 5.74) is 3.57. The Bertz CT molecular complexity index is 1560. The van der Waals surface area contributed by atoms with Crippen LogP contribution < -0.4 is 10.1 Å². The van der Waals surface area contributed by atoms with Crippen LogP contribution in [-0.2, 0) is 0 Å². The first-order chi connectivity index (χ1) is 17.1. The van der Waals surface area contributed by atoms with Crippen LogP contribution >= 0.6 is 11.5 Å². The molecule has 10 heteroatoms. The van der Waals surface area contributed by atoms with Gasteiger partial charge < -0.3 is 4.74 Å². The SMILES string of the molecule is COc1cccc(-c2nsc(NC(=O)c3cc(C4CC4)nc4c3c(C)nn4-c3ccccn3)n2)c1. The number of methoxy groups -OCH3 is 1. The molecule has 4 heterocycles. The van der Waals surface area contributed by atoms with Crippen molar-refractivity contribution in [2.24, 2.45) is 0 Å². The molecular formula is C25H21N7O2S. The van der Waals surface area contributed by atoms with Gasteiger partial charge >= 0.3 is 0 Å². The summed E-state index contributed by atoms with van der Waals surface area (Å²) in [6, 6.07) is 15.0. The van der Waals surface area contributed by atoms with E-state index >= 15 is 0 Å². The number of rotatable bonds is 6. The number of hydrogen-bond acceptors (Lipinski definition) is 8. The van der Waals surface area contributed by atoms with Gasteiger partial charge in [-0.1, -0.05) is 18.2 Å². The van der Waals surface area contributed by atoms with Crippen LogP contribution in [0.4, 0.5) is 5.13 Å². The number of carbonyl (C=O) groups excluding carboxylic acids is 1. The molecule has 0 radical (unpaired) electrons. The molecule has 0 saturated heterocycles. The Kier molecular flexibility index (Phi) is 5.22. The summed E-state index contributed by atoms with van der Waals surface area (Å²) in [4.78, 5) is 27.3. The molecule has 4 aromatic heterocycles. The van der Waals surface area contributed by atoms with E-state index in [1.54, 1.807) is 18.0 Å². The lowest BCUT2D eigenvalue weighted by molar-refractivity contribution is 0.102. The second kappa shape index (κ2) is 8.55. The van der Waals surface area contributed by atoms with Gasteiger partial charge in [-0.15, -0.1) is 0 Å². The van der Waals surface area contributed by atoms with Crippen molar-refractivity contribution < 1.29 is 9.53 Å². The lowest BCUT2D eigenvalue weighted by atomic mass is 10.1. The zero-order chi connectivity index (χ0) is 23.9. The van der Waals surface area contributed by atoms with Crippen molar-refractivity contribution in [3.8, 4) is 23.0 Å². The van der Waals surface area contributed by atoms with E-state index in [4.69, 9.17) is 9.72 Å². The molecule has 1 fully saturated rings. The van der Waals surface area contributed by atoms with Gasteiger partial charge in [-0.3, -0.25) is 10.1 Å². The van der Waals surface area contributed by atoms with Gasteiger partial charge in [0.1, 0.15) is 5.75 Å². The van der Waals surface area contributed by atoms with Crippen LogP contribution in [0, 0.1) is 6.92 Å². The predicted molar refractivity (Wildman–Crippen MR) is 133 cm³/mol. The summed E-state index contributed by atoms with van der Waals surface area (Å²) >= 11 is 1.14. The molecule has 35 heavy (non-hydrogen) atoms. The van der Waals surface area contributed by atoms with Crippen LogP contribution in [-0.4, -0.2) is 42.1 Å². The molecule has 174 valence electrons. The largest absolute Gasteiger partial charge is 0.497 e. The number of aryl methyl sites for hydroxylation is 1. The molecule has 0 spiro atoms. The smallest absolute Gasteiger partial charge is 0.258 e. The molecule has 1 N–H and O–H groups in total. The highest BCUT2D eigenvalue weighted by Gasteiger charge is 2.29. The number of pyridine rings is 2. The highest BCUT2D eigenvalue weighted by molar-refractivity contribution is 7.10. The maximum atomic E-state index is 13.5.